The molecule has 1 aromatic heterocycles. The first-order valence-electron chi connectivity index (χ1n) is 6.86. The SMILES string of the molecule is COc1ccccc1CNC(C)C(=O)NCc1ccco1. The summed E-state index contributed by atoms with van der Waals surface area (Å²) in [5.74, 6) is 1.48. The summed E-state index contributed by atoms with van der Waals surface area (Å²) in [5.41, 5.74) is 1.02. The Labute approximate surface area is 124 Å². The Hall–Kier alpha value is -2.27. The predicted molar refractivity (Wildman–Crippen MR) is 79.9 cm³/mol. The number of furan rings is 1. The van der Waals surface area contributed by atoms with Crippen molar-refractivity contribution in [2.45, 2.75) is 26.1 Å². The number of methoxy groups -OCH3 is 1. The minimum absolute atomic E-state index is 0.0682. The summed E-state index contributed by atoms with van der Waals surface area (Å²) in [7, 11) is 1.64. The van der Waals surface area contributed by atoms with E-state index >= 15 is 0 Å². The number of amides is 1. The highest BCUT2D eigenvalue weighted by Gasteiger charge is 2.13. The van der Waals surface area contributed by atoms with E-state index in [2.05, 4.69) is 10.6 Å². The molecule has 2 rings (SSSR count). The van der Waals surface area contributed by atoms with Crippen molar-refractivity contribution in [1.29, 1.82) is 0 Å². The highest BCUT2D eigenvalue weighted by atomic mass is 16.5. The minimum atomic E-state index is -0.301. The Balaban J connectivity index is 1.80. The lowest BCUT2D eigenvalue weighted by Crippen LogP contribution is -2.41. The molecule has 0 fully saturated rings. The summed E-state index contributed by atoms with van der Waals surface area (Å²) in [5, 5.41) is 6.00. The van der Waals surface area contributed by atoms with E-state index in [1.807, 2.05) is 37.3 Å². The van der Waals surface area contributed by atoms with Crippen molar-refractivity contribution in [2.24, 2.45) is 0 Å². The number of nitrogens with one attached hydrogen (secondary N) is 2. The molecular weight excluding hydrogens is 268 g/mol. The normalized spacial score (nSPS) is 11.9. The summed E-state index contributed by atoms with van der Waals surface area (Å²) in [6.07, 6.45) is 1.59. The fourth-order valence-corrected chi connectivity index (χ4v) is 1.95. The number of para-hydroxylation sites is 1. The van der Waals surface area contributed by atoms with Crippen LogP contribution in [0.2, 0.25) is 0 Å². The molecule has 0 saturated heterocycles. The van der Waals surface area contributed by atoms with Gasteiger partial charge in [-0.25, -0.2) is 0 Å². The van der Waals surface area contributed by atoms with Crippen LogP contribution in [-0.4, -0.2) is 19.1 Å². The van der Waals surface area contributed by atoms with E-state index in [-0.39, 0.29) is 11.9 Å². The molecule has 0 aliphatic heterocycles. The number of benzene rings is 1. The second kappa shape index (κ2) is 7.50. The molecule has 1 unspecified atom stereocenters. The van der Waals surface area contributed by atoms with Crippen LogP contribution in [0.1, 0.15) is 18.2 Å². The molecule has 2 N–H and O–H groups in total. The third-order valence-corrected chi connectivity index (χ3v) is 3.20. The molecule has 0 aliphatic rings. The zero-order valence-corrected chi connectivity index (χ0v) is 12.3. The van der Waals surface area contributed by atoms with Gasteiger partial charge in [-0.15, -0.1) is 0 Å². The van der Waals surface area contributed by atoms with Gasteiger partial charge < -0.3 is 19.8 Å². The van der Waals surface area contributed by atoms with E-state index < -0.39 is 0 Å². The molecule has 0 aliphatic carbocycles. The number of carbonyl (C=O) groups is 1. The average molecular weight is 288 g/mol. The molecule has 1 atom stereocenters. The van der Waals surface area contributed by atoms with Crippen LogP contribution in [0.4, 0.5) is 0 Å². The van der Waals surface area contributed by atoms with Gasteiger partial charge in [0.25, 0.3) is 0 Å². The monoisotopic (exact) mass is 288 g/mol. The van der Waals surface area contributed by atoms with Crippen LogP contribution < -0.4 is 15.4 Å². The zero-order valence-electron chi connectivity index (χ0n) is 12.3. The third kappa shape index (κ3) is 4.36. The molecule has 0 bridgehead atoms. The highest BCUT2D eigenvalue weighted by Crippen LogP contribution is 2.16. The van der Waals surface area contributed by atoms with Crippen molar-refractivity contribution in [3.63, 3.8) is 0 Å². The van der Waals surface area contributed by atoms with Gasteiger partial charge >= 0.3 is 0 Å². The van der Waals surface area contributed by atoms with Gasteiger partial charge in [-0.2, -0.15) is 0 Å². The van der Waals surface area contributed by atoms with Crippen molar-refractivity contribution in [2.75, 3.05) is 7.11 Å². The molecule has 1 amide bonds. The molecule has 2 aromatic rings. The number of carbonyl (C=O) groups excluding carboxylic acids is 1. The largest absolute Gasteiger partial charge is 0.496 e. The molecule has 0 saturated carbocycles. The van der Waals surface area contributed by atoms with Crippen molar-refractivity contribution in [3.05, 3.63) is 54.0 Å². The number of ether oxygens (including phenoxy) is 1. The maximum absolute atomic E-state index is 12.0. The Bertz CT molecular complexity index is 567. The summed E-state index contributed by atoms with van der Waals surface area (Å²) in [6, 6.07) is 11.1. The maximum Gasteiger partial charge on any atom is 0.237 e. The number of hydrogen-bond donors (Lipinski definition) is 2. The van der Waals surface area contributed by atoms with Gasteiger partial charge in [-0.3, -0.25) is 4.79 Å². The molecule has 0 radical (unpaired) electrons. The second-order valence-electron chi connectivity index (χ2n) is 4.71. The van der Waals surface area contributed by atoms with E-state index in [1.165, 1.54) is 0 Å². The minimum Gasteiger partial charge on any atom is -0.496 e. The van der Waals surface area contributed by atoms with Crippen LogP contribution in [-0.2, 0) is 17.9 Å². The molecule has 112 valence electrons. The standard InChI is InChI=1S/C16H20N2O3/c1-12(16(19)18-11-14-7-5-9-21-14)17-10-13-6-3-4-8-15(13)20-2/h3-9,12,17H,10-11H2,1-2H3,(H,18,19). The highest BCUT2D eigenvalue weighted by molar-refractivity contribution is 5.81. The van der Waals surface area contributed by atoms with Crippen LogP contribution >= 0.6 is 0 Å². The fraction of sp³-hybridized carbons (Fsp3) is 0.312. The quantitative estimate of drug-likeness (QED) is 0.819. The molecule has 5 heteroatoms. The first-order chi connectivity index (χ1) is 10.2. The van der Waals surface area contributed by atoms with E-state index in [0.29, 0.717) is 13.1 Å². The maximum atomic E-state index is 12.0. The predicted octanol–water partition coefficient (Wildman–Crippen LogP) is 2.08. The molecule has 0 spiro atoms. The van der Waals surface area contributed by atoms with E-state index in [0.717, 1.165) is 17.1 Å². The van der Waals surface area contributed by atoms with E-state index in [9.17, 15) is 4.79 Å². The smallest absolute Gasteiger partial charge is 0.237 e. The third-order valence-electron chi connectivity index (χ3n) is 3.20. The van der Waals surface area contributed by atoms with Crippen LogP contribution in [0.25, 0.3) is 0 Å². The fourth-order valence-electron chi connectivity index (χ4n) is 1.95. The van der Waals surface area contributed by atoms with Crippen LogP contribution in [0, 0.1) is 0 Å². The summed E-state index contributed by atoms with van der Waals surface area (Å²) in [4.78, 5) is 12.0. The van der Waals surface area contributed by atoms with Crippen LogP contribution in [0.15, 0.2) is 47.1 Å². The Morgan fingerprint density at radius 2 is 2.05 bits per heavy atom. The molecule has 1 heterocycles. The number of rotatable bonds is 7. The molecular formula is C16H20N2O3. The topological polar surface area (TPSA) is 63.5 Å². The summed E-state index contributed by atoms with van der Waals surface area (Å²) < 4.78 is 10.5. The van der Waals surface area contributed by atoms with Gasteiger partial charge in [0, 0.05) is 12.1 Å². The van der Waals surface area contributed by atoms with Crippen molar-refractivity contribution in [1.82, 2.24) is 10.6 Å². The molecule has 5 nitrogen and oxygen atoms in total. The lowest BCUT2D eigenvalue weighted by molar-refractivity contribution is -0.123. The Kier molecular flexibility index (Phi) is 5.40. The second-order valence-corrected chi connectivity index (χ2v) is 4.71. The van der Waals surface area contributed by atoms with Gasteiger partial charge in [0.2, 0.25) is 5.91 Å². The van der Waals surface area contributed by atoms with Crippen LogP contribution in [0.3, 0.4) is 0 Å². The molecule has 21 heavy (non-hydrogen) atoms. The Morgan fingerprint density at radius 3 is 2.76 bits per heavy atom. The van der Waals surface area contributed by atoms with Crippen molar-refractivity contribution >= 4 is 5.91 Å². The van der Waals surface area contributed by atoms with Gasteiger partial charge in [-0.1, -0.05) is 18.2 Å². The van der Waals surface area contributed by atoms with Crippen molar-refractivity contribution in [3.8, 4) is 5.75 Å². The van der Waals surface area contributed by atoms with E-state index in [1.54, 1.807) is 19.4 Å². The first kappa shape index (κ1) is 15.1. The molecule has 1 aromatic carbocycles. The van der Waals surface area contributed by atoms with E-state index in [4.69, 9.17) is 9.15 Å². The van der Waals surface area contributed by atoms with Gasteiger partial charge in [-0.05, 0) is 25.1 Å². The first-order valence-corrected chi connectivity index (χ1v) is 6.86. The summed E-state index contributed by atoms with van der Waals surface area (Å²) >= 11 is 0. The lowest BCUT2D eigenvalue weighted by atomic mass is 10.2. The van der Waals surface area contributed by atoms with Gasteiger partial charge in [0.05, 0.1) is 26.0 Å². The van der Waals surface area contributed by atoms with Gasteiger partial charge in [0.15, 0.2) is 0 Å². The Morgan fingerprint density at radius 1 is 1.24 bits per heavy atom. The van der Waals surface area contributed by atoms with Crippen LogP contribution in [0.5, 0.6) is 5.75 Å². The zero-order chi connectivity index (χ0) is 15.1. The van der Waals surface area contributed by atoms with Gasteiger partial charge in [0.1, 0.15) is 11.5 Å². The lowest BCUT2D eigenvalue weighted by Gasteiger charge is -2.15. The average Bonchev–Trinajstić information content (AvgIpc) is 3.03. The number of hydrogen-bond acceptors (Lipinski definition) is 4. The van der Waals surface area contributed by atoms with Crippen molar-refractivity contribution < 1.29 is 13.9 Å². The summed E-state index contributed by atoms with van der Waals surface area (Å²) in [6.45, 7) is 2.79.